The zero-order valence-electron chi connectivity index (χ0n) is 17.8. The first-order chi connectivity index (χ1) is 16.3. The quantitative estimate of drug-likeness (QED) is 0.257. The molecule has 0 spiro atoms. The van der Waals surface area contributed by atoms with E-state index in [0.29, 0.717) is 11.1 Å². The standard InChI is InChI=1S/C24H17N3O7/c1-14(21(28)25-19-8-4-5-9-20(19)27(32)33)34-24(31)15-10-12-16(13-11-15)26-22(29)17-6-2-3-7-18(17)23(26)30/h2-14H,1H3,(H,25,28). The molecule has 0 fully saturated rings. The van der Waals surface area contributed by atoms with Gasteiger partial charge in [0.1, 0.15) is 5.69 Å². The van der Waals surface area contributed by atoms with Crippen molar-refractivity contribution < 1.29 is 28.8 Å². The minimum Gasteiger partial charge on any atom is -0.449 e. The SMILES string of the molecule is CC(OC(=O)c1ccc(N2C(=O)c3ccccc3C2=O)cc1)C(=O)Nc1ccccc1[N+](=O)[O-]. The van der Waals surface area contributed by atoms with E-state index in [-0.39, 0.29) is 22.6 Å². The summed E-state index contributed by atoms with van der Waals surface area (Å²) in [7, 11) is 0. The summed E-state index contributed by atoms with van der Waals surface area (Å²) in [6.45, 7) is 1.33. The van der Waals surface area contributed by atoms with Crippen molar-refractivity contribution >= 4 is 40.8 Å². The molecule has 1 unspecified atom stereocenters. The monoisotopic (exact) mass is 459 g/mol. The molecule has 10 nitrogen and oxygen atoms in total. The number of nitrogens with zero attached hydrogens (tertiary/aromatic N) is 2. The van der Waals surface area contributed by atoms with Crippen LogP contribution in [0.4, 0.5) is 17.1 Å². The minimum absolute atomic E-state index is 0.0225. The van der Waals surface area contributed by atoms with E-state index in [9.17, 15) is 29.3 Å². The molecule has 4 rings (SSSR count). The molecule has 0 saturated carbocycles. The third kappa shape index (κ3) is 4.11. The maximum atomic E-state index is 12.6. The van der Waals surface area contributed by atoms with Gasteiger partial charge in [-0.1, -0.05) is 24.3 Å². The van der Waals surface area contributed by atoms with Crippen LogP contribution < -0.4 is 10.2 Å². The number of rotatable bonds is 6. The van der Waals surface area contributed by atoms with Crippen molar-refractivity contribution in [1.82, 2.24) is 0 Å². The Bertz CT molecular complexity index is 1300. The summed E-state index contributed by atoms with van der Waals surface area (Å²) >= 11 is 0. The summed E-state index contributed by atoms with van der Waals surface area (Å²) in [6.07, 6.45) is -1.25. The number of fused-ring (bicyclic) bond motifs is 1. The van der Waals surface area contributed by atoms with Gasteiger partial charge >= 0.3 is 5.97 Å². The van der Waals surface area contributed by atoms with Gasteiger partial charge in [0.25, 0.3) is 23.4 Å². The molecule has 10 heteroatoms. The summed E-state index contributed by atoms with van der Waals surface area (Å²) < 4.78 is 5.16. The topological polar surface area (TPSA) is 136 Å². The molecule has 0 saturated heterocycles. The highest BCUT2D eigenvalue weighted by atomic mass is 16.6. The summed E-state index contributed by atoms with van der Waals surface area (Å²) in [5, 5.41) is 13.5. The van der Waals surface area contributed by atoms with E-state index in [2.05, 4.69) is 5.32 Å². The van der Waals surface area contributed by atoms with Gasteiger partial charge in [-0.25, -0.2) is 9.69 Å². The highest BCUT2D eigenvalue weighted by Crippen LogP contribution is 2.28. The van der Waals surface area contributed by atoms with Crippen LogP contribution in [0.3, 0.4) is 0 Å². The lowest BCUT2D eigenvalue weighted by Gasteiger charge is -2.15. The molecule has 3 amide bonds. The van der Waals surface area contributed by atoms with Gasteiger partial charge in [-0.2, -0.15) is 0 Å². The van der Waals surface area contributed by atoms with Gasteiger partial charge in [0.05, 0.1) is 27.3 Å². The second-order valence-electron chi connectivity index (χ2n) is 7.35. The molecule has 1 N–H and O–H groups in total. The predicted octanol–water partition coefficient (Wildman–Crippen LogP) is 3.58. The maximum absolute atomic E-state index is 12.6. The normalized spacial score (nSPS) is 13.3. The first-order valence-corrected chi connectivity index (χ1v) is 10.1. The Labute approximate surface area is 192 Å². The second-order valence-corrected chi connectivity index (χ2v) is 7.35. The van der Waals surface area contributed by atoms with E-state index in [1.807, 2.05) is 0 Å². The number of ether oxygens (including phenoxy) is 1. The van der Waals surface area contributed by atoms with Crippen LogP contribution in [0.15, 0.2) is 72.8 Å². The number of imide groups is 1. The van der Waals surface area contributed by atoms with E-state index >= 15 is 0 Å². The Morgan fingerprint density at radius 1 is 0.912 bits per heavy atom. The van der Waals surface area contributed by atoms with Crippen LogP contribution in [0.25, 0.3) is 0 Å². The number of nitro groups is 1. The summed E-state index contributed by atoms with van der Waals surface area (Å²) in [6, 6.07) is 17.6. The first-order valence-electron chi connectivity index (χ1n) is 10.1. The molecule has 0 aromatic heterocycles. The number of hydrogen-bond donors (Lipinski definition) is 1. The third-order valence-corrected chi connectivity index (χ3v) is 5.17. The van der Waals surface area contributed by atoms with Crippen LogP contribution in [-0.4, -0.2) is 34.7 Å². The van der Waals surface area contributed by atoms with E-state index in [0.717, 1.165) is 4.90 Å². The highest BCUT2D eigenvalue weighted by Gasteiger charge is 2.36. The van der Waals surface area contributed by atoms with Crippen molar-refractivity contribution in [3.05, 3.63) is 99.6 Å². The Balaban J connectivity index is 1.43. The Morgan fingerprint density at radius 3 is 2.06 bits per heavy atom. The molecule has 0 bridgehead atoms. The average molecular weight is 459 g/mol. The molecule has 1 aliphatic heterocycles. The third-order valence-electron chi connectivity index (χ3n) is 5.17. The van der Waals surface area contributed by atoms with Gasteiger partial charge in [0.2, 0.25) is 0 Å². The van der Waals surface area contributed by atoms with Crippen LogP contribution in [0.1, 0.15) is 38.0 Å². The number of nitrogens with one attached hydrogen (secondary N) is 1. The van der Waals surface area contributed by atoms with E-state index < -0.39 is 34.7 Å². The van der Waals surface area contributed by atoms with E-state index in [4.69, 9.17) is 4.74 Å². The summed E-state index contributed by atoms with van der Waals surface area (Å²) in [5.74, 6) is -2.49. The predicted molar refractivity (Wildman–Crippen MR) is 121 cm³/mol. The molecule has 0 aliphatic carbocycles. The fourth-order valence-electron chi connectivity index (χ4n) is 3.43. The number of anilines is 2. The number of benzene rings is 3. The number of para-hydroxylation sites is 2. The lowest BCUT2D eigenvalue weighted by molar-refractivity contribution is -0.383. The number of carbonyl (C=O) groups is 4. The molecular formula is C24H17N3O7. The number of esters is 1. The average Bonchev–Trinajstić information content (AvgIpc) is 3.09. The number of amides is 3. The van der Waals surface area contributed by atoms with E-state index in [1.165, 1.54) is 55.5 Å². The van der Waals surface area contributed by atoms with Crippen LogP contribution >= 0.6 is 0 Å². The van der Waals surface area contributed by atoms with Crippen LogP contribution in [0.5, 0.6) is 0 Å². The van der Waals surface area contributed by atoms with Crippen molar-refractivity contribution in [2.24, 2.45) is 0 Å². The fraction of sp³-hybridized carbons (Fsp3) is 0.0833. The highest BCUT2D eigenvalue weighted by molar-refractivity contribution is 6.34. The molecule has 170 valence electrons. The van der Waals surface area contributed by atoms with Crippen molar-refractivity contribution in [1.29, 1.82) is 0 Å². The van der Waals surface area contributed by atoms with Crippen LogP contribution in [0.2, 0.25) is 0 Å². The molecule has 3 aromatic carbocycles. The molecule has 34 heavy (non-hydrogen) atoms. The Kier molecular flexibility index (Phi) is 5.88. The Hall–Kier alpha value is -4.86. The van der Waals surface area contributed by atoms with Gasteiger partial charge in [0.15, 0.2) is 6.10 Å². The molecule has 1 atom stereocenters. The van der Waals surface area contributed by atoms with Gasteiger partial charge in [0, 0.05) is 6.07 Å². The molecule has 3 aromatic rings. The van der Waals surface area contributed by atoms with Crippen molar-refractivity contribution in [3.63, 3.8) is 0 Å². The van der Waals surface area contributed by atoms with Crippen LogP contribution in [-0.2, 0) is 9.53 Å². The van der Waals surface area contributed by atoms with Gasteiger partial charge < -0.3 is 10.1 Å². The molecule has 1 heterocycles. The maximum Gasteiger partial charge on any atom is 0.338 e. The molecular weight excluding hydrogens is 442 g/mol. The van der Waals surface area contributed by atoms with Gasteiger partial charge in [-0.15, -0.1) is 0 Å². The zero-order chi connectivity index (χ0) is 24.4. The lowest BCUT2D eigenvalue weighted by Crippen LogP contribution is -2.30. The largest absolute Gasteiger partial charge is 0.449 e. The fourth-order valence-corrected chi connectivity index (χ4v) is 3.43. The van der Waals surface area contributed by atoms with Crippen LogP contribution in [0, 0.1) is 10.1 Å². The minimum atomic E-state index is -1.25. The van der Waals surface area contributed by atoms with Crippen molar-refractivity contribution in [2.45, 2.75) is 13.0 Å². The number of hydrogen-bond acceptors (Lipinski definition) is 7. The summed E-state index contributed by atoms with van der Waals surface area (Å²) in [4.78, 5) is 61.5. The smallest absolute Gasteiger partial charge is 0.338 e. The van der Waals surface area contributed by atoms with Gasteiger partial charge in [-0.05, 0) is 49.4 Å². The van der Waals surface area contributed by atoms with Crippen molar-refractivity contribution in [2.75, 3.05) is 10.2 Å². The first kappa shape index (κ1) is 22.3. The summed E-state index contributed by atoms with van der Waals surface area (Å²) in [5.41, 5.74) is 0.656. The molecule has 1 aliphatic rings. The van der Waals surface area contributed by atoms with E-state index in [1.54, 1.807) is 24.3 Å². The zero-order valence-corrected chi connectivity index (χ0v) is 17.8. The molecule has 0 radical (unpaired) electrons. The second kappa shape index (κ2) is 8.94. The number of carbonyl (C=O) groups excluding carboxylic acids is 4. The Morgan fingerprint density at radius 2 is 1.47 bits per heavy atom. The van der Waals surface area contributed by atoms with Crippen molar-refractivity contribution in [3.8, 4) is 0 Å². The lowest BCUT2D eigenvalue weighted by atomic mass is 10.1. The number of nitro benzene ring substituents is 1. The van der Waals surface area contributed by atoms with Gasteiger partial charge in [-0.3, -0.25) is 24.5 Å².